The van der Waals surface area contributed by atoms with Gasteiger partial charge in [0.15, 0.2) is 5.96 Å². The van der Waals surface area contributed by atoms with E-state index in [2.05, 4.69) is 22.5 Å². The zero-order valence-electron chi connectivity index (χ0n) is 14.2. The van der Waals surface area contributed by atoms with Crippen LogP contribution in [-0.4, -0.2) is 39.3 Å². The number of guanidine groups is 1. The zero-order valence-corrected chi connectivity index (χ0v) is 15.7. The van der Waals surface area contributed by atoms with Crippen LogP contribution >= 0.6 is 23.2 Å². The fraction of sp³-hybridized carbons (Fsp3) is 0.588. The highest BCUT2D eigenvalue weighted by Crippen LogP contribution is 2.30. The van der Waals surface area contributed by atoms with Gasteiger partial charge in [-0.1, -0.05) is 36.2 Å². The molecular weight excluding hydrogens is 333 g/mol. The van der Waals surface area contributed by atoms with Crippen molar-refractivity contribution in [2.24, 2.45) is 4.99 Å². The highest BCUT2D eigenvalue weighted by atomic mass is 35.5. The van der Waals surface area contributed by atoms with E-state index in [-0.39, 0.29) is 5.92 Å². The third kappa shape index (κ3) is 7.42. The molecule has 0 aliphatic heterocycles. The Morgan fingerprint density at radius 3 is 2.52 bits per heavy atom. The van der Waals surface area contributed by atoms with Crippen molar-refractivity contribution in [2.75, 3.05) is 33.4 Å². The minimum Gasteiger partial charge on any atom is -0.382 e. The van der Waals surface area contributed by atoms with Crippen molar-refractivity contribution < 1.29 is 4.74 Å². The van der Waals surface area contributed by atoms with Crippen LogP contribution in [0, 0.1) is 0 Å². The Balaban J connectivity index is 2.37. The summed E-state index contributed by atoms with van der Waals surface area (Å²) in [7, 11) is 1.77. The number of nitrogens with zero attached hydrogens (tertiary/aromatic N) is 1. The van der Waals surface area contributed by atoms with Crippen LogP contribution in [0.4, 0.5) is 0 Å². The van der Waals surface area contributed by atoms with Crippen LogP contribution in [0.25, 0.3) is 0 Å². The van der Waals surface area contributed by atoms with E-state index in [1.807, 2.05) is 25.1 Å². The van der Waals surface area contributed by atoms with Crippen molar-refractivity contribution in [3.8, 4) is 0 Å². The third-order valence-corrected chi connectivity index (χ3v) is 4.16. The molecule has 0 amide bonds. The molecule has 0 fully saturated rings. The van der Waals surface area contributed by atoms with Crippen LogP contribution in [0.15, 0.2) is 23.2 Å². The summed E-state index contributed by atoms with van der Waals surface area (Å²) in [5.41, 5.74) is 0.968. The highest BCUT2D eigenvalue weighted by molar-refractivity contribution is 6.36. The number of rotatable bonds is 9. The average Bonchev–Trinajstić information content (AvgIpc) is 2.53. The quantitative estimate of drug-likeness (QED) is 0.396. The number of nitrogens with one attached hydrogen (secondary N) is 2. The van der Waals surface area contributed by atoms with Gasteiger partial charge in [0.25, 0.3) is 0 Å². The first-order valence-corrected chi connectivity index (χ1v) is 8.81. The zero-order chi connectivity index (χ0) is 17.1. The molecule has 130 valence electrons. The van der Waals surface area contributed by atoms with E-state index < -0.39 is 0 Å². The molecule has 0 bridgehead atoms. The fourth-order valence-electron chi connectivity index (χ4n) is 2.23. The van der Waals surface area contributed by atoms with Gasteiger partial charge in [0, 0.05) is 49.3 Å². The Morgan fingerprint density at radius 1 is 1.22 bits per heavy atom. The van der Waals surface area contributed by atoms with E-state index in [1.165, 1.54) is 0 Å². The lowest BCUT2D eigenvalue weighted by molar-refractivity contribution is 0.143. The van der Waals surface area contributed by atoms with Crippen molar-refractivity contribution in [3.63, 3.8) is 0 Å². The highest BCUT2D eigenvalue weighted by Gasteiger charge is 2.13. The molecular formula is C17H27Cl2N3O. The number of halogens is 2. The SMILES string of the molecule is CCOCCCCNC(=NC)NCC(C)c1c(Cl)cccc1Cl. The van der Waals surface area contributed by atoms with Crippen molar-refractivity contribution in [1.29, 1.82) is 0 Å². The maximum atomic E-state index is 6.25. The Kier molecular flexibility index (Phi) is 10.1. The second-order valence-electron chi connectivity index (χ2n) is 5.32. The first kappa shape index (κ1) is 20.1. The minimum atomic E-state index is 0.188. The molecule has 0 aromatic heterocycles. The van der Waals surface area contributed by atoms with Gasteiger partial charge in [0.05, 0.1) is 0 Å². The maximum Gasteiger partial charge on any atom is 0.190 e. The van der Waals surface area contributed by atoms with Crippen LogP contribution in [0.3, 0.4) is 0 Å². The third-order valence-electron chi connectivity index (χ3n) is 3.50. The molecule has 1 aromatic carbocycles. The summed E-state index contributed by atoms with van der Waals surface area (Å²) in [6.45, 7) is 7.27. The van der Waals surface area contributed by atoms with Gasteiger partial charge < -0.3 is 15.4 Å². The van der Waals surface area contributed by atoms with E-state index in [0.717, 1.165) is 44.1 Å². The van der Waals surface area contributed by atoms with E-state index in [0.29, 0.717) is 16.6 Å². The lowest BCUT2D eigenvalue weighted by Crippen LogP contribution is -2.39. The summed E-state index contributed by atoms with van der Waals surface area (Å²) in [6, 6.07) is 5.59. The Hall–Kier alpha value is -0.970. The number of ether oxygens (including phenoxy) is 1. The number of hydrogen-bond acceptors (Lipinski definition) is 2. The fourth-order valence-corrected chi connectivity index (χ4v) is 3.00. The topological polar surface area (TPSA) is 45.6 Å². The Bertz CT molecular complexity index is 474. The molecule has 6 heteroatoms. The van der Waals surface area contributed by atoms with Crippen LogP contribution in [0.1, 0.15) is 38.2 Å². The molecule has 0 heterocycles. The van der Waals surface area contributed by atoms with Crippen LogP contribution in [0.2, 0.25) is 10.0 Å². The molecule has 1 unspecified atom stereocenters. The monoisotopic (exact) mass is 359 g/mol. The van der Waals surface area contributed by atoms with Crippen molar-refractivity contribution in [2.45, 2.75) is 32.6 Å². The summed E-state index contributed by atoms with van der Waals surface area (Å²) in [4.78, 5) is 4.23. The first-order valence-electron chi connectivity index (χ1n) is 8.06. The van der Waals surface area contributed by atoms with Crippen molar-refractivity contribution >= 4 is 29.2 Å². The molecule has 0 saturated heterocycles. The Labute approximate surface area is 149 Å². The molecule has 1 atom stereocenters. The van der Waals surface area contributed by atoms with Gasteiger partial charge in [-0.2, -0.15) is 0 Å². The number of hydrogen-bond donors (Lipinski definition) is 2. The smallest absolute Gasteiger partial charge is 0.190 e. The standard InChI is InChI=1S/C17H27Cl2N3O/c1-4-23-11-6-5-10-21-17(20-3)22-12-13(2)16-14(18)8-7-9-15(16)19/h7-9,13H,4-6,10-12H2,1-3H3,(H2,20,21,22). The first-order chi connectivity index (χ1) is 11.1. The number of aliphatic imine (C=N–C) groups is 1. The van der Waals surface area contributed by atoms with Crippen LogP contribution in [-0.2, 0) is 4.74 Å². The van der Waals surface area contributed by atoms with Crippen LogP contribution in [0.5, 0.6) is 0 Å². The lowest BCUT2D eigenvalue weighted by atomic mass is 10.0. The van der Waals surface area contributed by atoms with Crippen molar-refractivity contribution in [3.05, 3.63) is 33.8 Å². The summed E-state index contributed by atoms with van der Waals surface area (Å²) < 4.78 is 5.32. The van der Waals surface area contributed by atoms with E-state index in [9.17, 15) is 0 Å². The number of benzene rings is 1. The summed E-state index contributed by atoms with van der Waals surface area (Å²) in [6.07, 6.45) is 2.09. The Morgan fingerprint density at radius 2 is 1.91 bits per heavy atom. The van der Waals surface area contributed by atoms with Gasteiger partial charge in [0.1, 0.15) is 0 Å². The lowest BCUT2D eigenvalue weighted by Gasteiger charge is -2.18. The molecule has 0 spiro atoms. The molecule has 1 aromatic rings. The number of unbranched alkanes of at least 4 members (excludes halogenated alkanes) is 1. The van der Waals surface area contributed by atoms with Gasteiger partial charge in [-0.15, -0.1) is 0 Å². The largest absolute Gasteiger partial charge is 0.382 e. The van der Waals surface area contributed by atoms with E-state index in [4.69, 9.17) is 27.9 Å². The molecule has 0 saturated carbocycles. The van der Waals surface area contributed by atoms with Crippen molar-refractivity contribution in [1.82, 2.24) is 10.6 Å². The second kappa shape index (κ2) is 11.5. The van der Waals surface area contributed by atoms with Gasteiger partial charge >= 0.3 is 0 Å². The van der Waals surface area contributed by atoms with E-state index in [1.54, 1.807) is 7.05 Å². The maximum absolute atomic E-state index is 6.25. The van der Waals surface area contributed by atoms with Gasteiger partial charge in [-0.05, 0) is 37.5 Å². The van der Waals surface area contributed by atoms with Crippen LogP contribution < -0.4 is 10.6 Å². The molecule has 0 aliphatic rings. The molecule has 0 radical (unpaired) electrons. The molecule has 2 N–H and O–H groups in total. The summed E-state index contributed by atoms with van der Waals surface area (Å²) >= 11 is 12.5. The molecule has 1 rings (SSSR count). The van der Waals surface area contributed by atoms with Gasteiger partial charge in [-0.25, -0.2) is 0 Å². The second-order valence-corrected chi connectivity index (χ2v) is 6.13. The normalized spacial score (nSPS) is 13.0. The average molecular weight is 360 g/mol. The predicted molar refractivity (Wildman–Crippen MR) is 100.0 cm³/mol. The molecule has 23 heavy (non-hydrogen) atoms. The molecule has 4 nitrogen and oxygen atoms in total. The van der Waals surface area contributed by atoms with Gasteiger partial charge in [0.2, 0.25) is 0 Å². The van der Waals surface area contributed by atoms with Gasteiger partial charge in [-0.3, -0.25) is 4.99 Å². The summed E-state index contributed by atoms with van der Waals surface area (Å²) in [5, 5.41) is 8.01. The minimum absolute atomic E-state index is 0.188. The summed E-state index contributed by atoms with van der Waals surface area (Å²) in [5.74, 6) is 0.976. The predicted octanol–water partition coefficient (Wildman–Crippen LogP) is 4.08. The molecule has 0 aliphatic carbocycles. The van der Waals surface area contributed by atoms with E-state index >= 15 is 0 Å².